The molecule has 1 unspecified atom stereocenters. The molecule has 0 aliphatic carbocycles. The van der Waals surface area contributed by atoms with Crippen LogP contribution in [0.4, 0.5) is 5.69 Å². The first kappa shape index (κ1) is 17.5. The van der Waals surface area contributed by atoms with E-state index in [-0.39, 0.29) is 18.3 Å². The first-order valence-corrected chi connectivity index (χ1v) is 7.01. The normalized spacial score (nSPS) is 19.2. The molecule has 0 aromatic heterocycles. The topological polar surface area (TPSA) is 44.4 Å². The Kier molecular flexibility index (Phi) is 7.06. The summed E-state index contributed by atoms with van der Waals surface area (Å²) in [6.07, 6.45) is 0. The fourth-order valence-electron chi connectivity index (χ4n) is 2.13. The van der Waals surface area contributed by atoms with Crippen LogP contribution >= 0.6 is 35.6 Å². The number of nitrogens with zero attached hydrogens (tertiary/aromatic N) is 1. The summed E-state index contributed by atoms with van der Waals surface area (Å²) in [5, 5.41) is 7.09. The summed E-state index contributed by atoms with van der Waals surface area (Å²) in [6, 6.07) is 5.49. The molecule has 1 saturated heterocycles. The molecule has 1 fully saturated rings. The Morgan fingerprint density at radius 2 is 2.20 bits per heavy atom. The van der Waals surface area contributed by atoms with Gasteiger partial charge in [0.15, 0.2) is 0 Å². The van der Waals surface area contributed by atoms with Crippen LogP contribution in [0, 0.1) is 0 Å². The average Bonchev–Trinajstić information content (AvgIpc) is 2.34. The van der Waals surface area contributed by atoms with Crippen molar-refractivity contribution in [2.75, 3.05) is 31.5 Å². The zero-order valence-electron chi connectivity index (χ0n) is 11.2. The molecule has 1 aliphatic heterocycles. The molecule has 0 bridgehead atoms. The summed E-state index contributed by atoms with van der Waals surface area (Å²) in [6.45, 7) is 5.20. The number of nitrogens with one attached hydrogen (secondary N) is 2. The Labute approximate surface area is 135 Å². The second kappa shape index (κ2) is 8.05. The summed E-state index contributed by atoms with van der Waals surface area (Å²) < 4.78 is 0. The molecule has 2 N–H and O–H groups in total. The lowest BCUT2D eigenvalue weighted by Crippen LogP contribution is -2.51. The number of rotatable bonds is 3. The third kappa shape index (κ3) is 5.11. The Hall–Kier alpha value is -0.520. The van der Waals surface area contributed by atoms with Crippen LogP contribution in [0.2, 0.25) is 10.0 Å². The Morgan fingerprint density at radius 3 is 2.85 bits per heavy atom. The van der Waals surface area contributed by atoms with Gasteiger partial charge < -0.3 is 10.6 Å². The van der Waals surface area contributed by atoms with Gasteiger partial charge in [-0.05, 0) is 25.1 Å². The van der Waals surface area contributed by atoms with Crippen LogP contribution in [0.15, 0.2) is 18.2 Å². The Bertz CT molecular complexity index is 470. The average molecular weight is 339 g/mol. The minimum absolute atomic E-state index is 0. The van der Waals surface area contributed by atoms with Crippen LogP contribution in [0.25, 0.3) is 0 Å². The van der Waals surface area contributed by atoms with E-state index in [1.807, 2.05) is 0 Å². The van der Waals surface area contributed by atoms with Crippen molar-refractivity contribution < 1.29 is 4.79 Å². The van der Waals surface area contributed by atoms with Crippen molar-refractivity contribution in [3.8, 4) is 0 Å². The van der Waals surface area contributed by atoms with Gasteiger partial charge in [-0.3, -0.25) is 9.69 Å². The number of benzene rings is 1. The van der Waals surface area contributed by atoms with Crippen LogP contribution in [0.1, 0.15) is 6.92 Å². The van der Waals surface area contributed by atoms with Gasteiger partial charge in [-0.1, -0.05) is 23.2 Å². The van der Waals surface area contributed by atoms with E-state index in [4.69, 9.17) is 23.2 Å². The van der Waals surface area contributed by atoms with E-state index < -0.39 is 0 Å². The van der Waals surface area contributed by atoms with E-state index in [0.29, 0.717) is 28.3 Å². The minimum Gasteiger partial charge on any atom is -0.325 e. The largest absolute Gasteiger partial charge is 0.325 e. The van der Waals surface area contributed by atoms with E-state index in [1.54, 1.807) is 18.2 Å². The van der Waals surface area contributed by atoms with Gasteiger partial charge in [-0.15, -0.1) is 12.4 Å². The number of carbonyl (C=O) groups is 1. The smallest absolute Gasteiger partial charge is 0.238 e. The SMILES string of the molecule is CC1CN(CC(=O)Nc2ccc(Cl)c(Cl)c2)CCN1.Cl. The molecule has 0 spiro atoms. The standard InChI is InChI=1S/C13H17Cl2N3O.ClH/c1-9-7-18(5-4-16-9)8-13(19)17-10-2-3-11(14)12(15)6-10;/h2-3,6,9,16H,4-5,7-8H2,1H3,(H,17,19);1H. The fraction of sp³-hybridized carbons (Fsp3) is 0.462. The monoisotopic (exact) mass is 337 g/mol. The van der Waals surface area contributed by atoms with Crippen molar-refractivity contribution in [1.82, 2.24) is 10.2 Å². The molecule has 1 amide bonds. The van der Waals surface area contributed by atoms with Crippen LogP contribution in [0.3, 0.4) is 0 Å². The van der Waals surface area contributed by atoms with E-state index >= 15 is 0 Å². The van der Waals surface area contributed by atoms with Crippen molar-refractivity contribution >= 4 is 47.2 Å². The van der Waals surface area contributed by atoms with Crippen LogP contribution in [0.5, 0.6) is 0 Å². The quantitative estimate of drug-likeness (QED) is 0.890. The van der Waals surface area contributed by atoms with Crippen LogP contribution in [-0.4, -0.2) is 43.0 Å². The molecule has 0 saturated carbocycles. The van der Waals surface area contributed by atoms with E-state index in [1.165, 1.54) is 0 Å². The third-order valence-corrected chi connectivity index (χ3v) is 3.76. The molecule has 7 heteroatoms. The number of anilines is 1. The van der Waals surface area contributed by atoms with Gasteiger partial charge in [0, 0.05) is 31.4 Å². The highest BCUT2D eigenvalue weighted by molar-refractivity contribution is 6.42. The van der Waals surface area contributed by atoms with Crippen molar-refractivity contribution in [2.45, 2.75) is 13.0 Å². The van der Waals surface area contributed by atoms with Gasteiger partial charge in [-0.25, -0.2) is 0 Å². The number of piperazine rings is 1. The second-order valence-electron chi connectivity index (χ2n) is 4.77. The molecule has 1 aromatic carbocycles. The van der Waals surface area contributed by atoms with Crippen LogP contribution < -0.4 is 10.6 Å². The molecule has 4 nitrogen and oxygen atoms in total. The predicted octanol–water partition coefficient (Wildman–Crippen LogP) is 2.65. The molecule has 1 aliphatic rings. The van der Waals surface area contributed by atoms with Gasteiger partial charge in [0.1, 0.15) is 0 Å². The number of amides is 1. The molecule has 1 aromatic rings. The lowest BCUT2D eigenvalue weighted by molar-refractivity contribution is -0.117. The van der Waals surface area contributed by atoms with Gasteiger partial charge in [0.25, 0.3) is 0 Å². The summed E-state index contributed by atoms with van der Waals surface area (Å²) in [4.78, 5) is 14.1. The first-order valence-electron chi connectivity index (χ1n) is 6.25. The second-order valence-corrected chi connectivity index (χ2v) is 5.58. The molecular weight excluding hydrogens is 321 g/mol. The van der Waals surface area contributed by atoms with Gasteiger partial charge >= 0.3 is 0 Å². The van der Waals surface area contributed by atoms with Crippen LogP contribution in [-0.2, 0) is 4.79 Å². The third-order valence-electron chi connectivity index (χ3n) is 3.02. The van der Waals surface area contributed by atoms with E-state index in [9.17, 15) is 4.79 Å². The maximum absolute atomic E-state index is 11.9. The lowest BCUT2D eigenvalue weighted by atomic mass is 10.2. The molecule has 2 rings (SSSR count). The maximum atomic E-state index is 11.9. The Morgan fingerprint density at radius 1 is 1.45 bits per heavy atom. The first-order chi connectivity index (χ1) is 9.04. The minimum atomic E-state index is -0.0347. The predicted molar refractivity (Wildman–Crippen MR) is 86.2 cm³/mol. The summed E-state index contributed by atoms with van der Waals surface area (Å²) in [5.74, 6) is -0.0347. The lowest BCUT2D eigenvalue weighted by Gasteiger charge is -2.31. The zero-order valence-corrected chi connectivity index (χ0v) is 13.5. The number of hydrogen-bond donors (Lipinski definition) is 2. The summed E-state index contributed by atoms with van der Waals surface area (Å²) >= 11 is 11.7. The van der Waals surface area contributed by atoms with Gasteiger partial charge in [0.2, 0.25) is 5.91 Å². The molecular formula is C13H18Cl3N3O. The van der Waals surface area contributed by atoms with E-state index in [2.05, 4.69) is 22.5 Å². The van der Waals surface area contributed by atoms with Crippen molar-refractivity contribution in [1.29, 1.82) is 0 Å². The highest BCUT2D eigenvalue weighted by Gasteiger charge is 2.17. The molecule has 1 heterocycles. The van der Waals surface area contributed by atoms with Gasteiger partial charge in [0.05, 0.1) is 16.6 Å². The van der Waals surface area contributed by atoms with Crippen molar-refractivity contribution in [2.24, 2.45) is 0 Å². The highest BCUT2D eigenvalue weighted by Crippen LogP contribution is 2.24. The Balaban J connectivity index is 0.00000200. The molecule has 112 valence electrons. The molecule has 0 radical (unpaired) electrons. The number of halogens is 3. The molecule has 20 heavy (non-hydrogen) atoms. The highest BCUT2D eigenvalue weighted by atomic mass is 35.5. The summed E-state index contributed by atoms with van der Waals surface area (Å²) in [7, 11) is 0. The van der Waals surface area contributed by atoms with Crippen molar-refractivity contribution in [3.63, 3.8) is 0 Å². The van der Waals surface area contributed by atoms with E-state index in [0.717, 1.165) is 19.6 Å². The summed E-state index contributed by atoms with van der Waals surface area (Å²) in [5.41, 5.74) is 0.669. The fourth-order valence-corrected chi connectivity index (χ4v) is 2.43. The van der Waals surface area contributed by atoms with Crippen molar-refractivity contribution in [3.05, 3.63) is 28.2 Å². The number of carbonyl (C=O) groups excluding carboxylic acids is 1. The number of hydrogen-bond acceptors (Lipinski definition) is 3. The molecule has 1 atom stereocenters. The van der Waals surface area contributed by atoms with Gasteiger partial charge in [-0.2, -0.15) is 0 Å². The maximum Gasteiger partial charge on any atom is 0.238 e. The zero-order chi connectivity index (χ0) is 13.8.